The summed E-state index contributed by atoms with van der Waals surface area (Å²) in [6.45, 7) is 13.9. The number of benzene rings is 7. The lowest BCUT2D eigenvalue weighted by Gasteiger charge is -2.27. The van der Waals surface area contributed by atoms with Gasteiger partial charge in [-0.15, -0.1) is 0 Å². The van der Waals surface area contributed by atoms with Crippen molar-refractivity contribution < 1.29 is 143 Å². The number of Topliss-reactive ketones (excluding diaryl/α,β-unsaturated/α-hetero) is 2. The van der Waals surface area contributed by atoms with Gasteiger partial charge in [-0.05, 0) is 149 Å². The van der Waals surface area contributed by atoms with Gasteiger partial charge >= 0.3 is 5.69 Å². The van der Waals surface area contributed by atoms with E-state index in [0.717, 1.165) is 121 Å². The van der Waals surface area contributed by atoms with Gasteiger partial charge in [0.1, 0.15) is 38.5 Å². The topological polar surface area (TPSA) is 559 Å². The van der Waals surface area contributed by atoms with Gasteiger partial charge in [-0.2, -0.15) is 10.2 Å². The molecule has 2 aliphatic carbocycles. The predicted octanol–water partition coefficient (Wildman–Crippen LogP) is 9.41. The number of anilines is 8. The maximum Gasteiger partial charge on any atom is 0.385 e. The summed E-state index contributed by atoms with van der Waals surface area (Å²) < 4.78 is 62.8. The van der Waals surface area contributed by atoms with E-state index in [4.69, 9.17) is 78.2 Å². The number of carbonyl (C=O) groups excluding carboxylic acids is 10. The van der Waals surface area contributed by atoms with Crippen molar-refractivity contribution in [3.05, 3.63) is 216 Å². The lowest BCUT2D eigenvalue weighted by molar-refractivity contribution is -0.385. The second-order valence-electron chi connectivity index (χ2n) is 36.1. The number of nitro benzene ring substituents is 2. The predicted molar refractivity (Wildman–Crippen MR) is 558 cm³/mol. The molecule has 16 rings (SSSR count). The number of fused-ring (bicyclic) bond motifs is 7. The van der Waals surface area contributed by atoms with Crippen molar-refractivity contribution in [1.29, 1.82) is 5.39 Å². The number of ketones is 2. The van der Waals surface area contributed by atoms with E-state index in [0.29, 0.717) is 104 Å². The van der Waals surface area contributed by atoms with Crippen LogP contribution in [0.5, 0.6) is 0 Å². The molecular formula is C106H141ClN14O29. The highest BCUT2D eigenvalue weighted by atomic mass is 35.5. The zero-order chi connectivity index (χ0) is 109. The minimum atomic E-state index is -1.04. The molecule has 7 aromatic rings. The number of hydrogen-bond donors (Lipinski definition) is 5. The van der Waals surface area contributed by atoms with Crippen LogP contribution in [0.25, 0.3) is 4.98 Å². The standard InChI is InChI=1S/C21H29N3O4.C14H18N3O3.C14H18N2O5.C14H20N2O3.C12H14N2O5.C12H15NO3.C10H9NO2.C8H12O2.CH4O.ClH.H2O/c1-4-24-18-11-10-15(22-23-17-8-6-5-7-9-19(17)25)12-16(18)21(13-27-2,14-28-3)20(24)26;1-4-17-12-6-5-10(16-15)7-11(12)14(8-19-2,9-20-3)13(17)18;1-4-15-12-6-5-10(16(18)19)7-11(12)14(8-20-2,9-21-3)13(15)17;1-4-16-12-6-5-10(15)7-11(12)14(8-18-2,9-19-3)13(16)17;1-18-6-12(7-19-2)9-5-8(14(16)17)3-4-10(9)13-11(12)15;1-15-7-12(8-16-2)9-5-3-4-6-10(9)13-11(12)14;1-7(12)11-9-5-3-2-4-8(9)6-10(11)13;9-6-7-4-2-1-3-5-8(7)10;1-2;;/h10-12,17H,4-9,13-14H2,1-3H3;5-7H,4,8-9H2,1-3H3;5-7H,4,8-9H2,1-3H3;5-7H,4,8-9,15H2,1-3H3;3-5H,6-7H2,1-2H3,(H,13,15);3-6H,7-8H2,1-2H3,(H,13,14);2-5H,6H2,1H3;6,9H,1-5H2;2H,1H3;1H;1H2/q;+1;;;;;;;;;/p-1/b;;;;;;;7-6+;;;. The molecule has 0 saturated heterocycles. The van der Waals surface area contributed by atoms with E-state index in [2.05, 4.69) is 25.8 Å². The monoisotopic (exact) mass is 2110 g/mol. The minimum absolute atomic E-state index is 0. The van der Waals surface area contributed by atoms with Gasteiger partial charge in [-0.25, -0.2) is 0 Å². The van der Waals surface area contributed by atoms with Crippen molar-refractivity contribution >= 4 is 127 Å². The van der Waals surface area contributed by atoms with Crippen LogP contribution in [-0.2, 0) is 144 Å². The first-order valence-electron chi connectivity index (χ1n) is 48.3. The number of methoxy groups -OCH3 is 12. The third kappa shape index (κ3) is 27.0. The molecule has 1 atom stereocenters. The van der Waals surface area contributed by atoms with Gasteiger partial charge in [0, 0.05) is 237 Å². The third-order valence-corrected chi connectivity index (χ3v) is 26.7. The number of nitro groups is 2. The van der Waals surface area contributed by atoms with Gasteiger partial charge in [0.25, 0.3) is 11.4 Å². The molecule has 0 bridgehead atoms. The summed E-state index contributed by atoms with van der Waals surface area (Å²) in [5.74, 6) is -0.588. The van der Waals surface area contributed by atoms with Crippen LogP contribution in [0.3, 0.4) is 0 Å². The number of nitrogens with one attached hydrogen (secondary N) is 2. The molecule has 150 heavy (non-hydrogen) atoms. The van der Waals surface area contributed by atoms with E-state index in [1.807, 2.05) is 107 Å². The van der Waals surface area contributed by atoms with Crippen LogP contribution in [0.15, 0.2) is 162 Å². The zero-order valence-corrected chi connectivity index (χ0v) is 89.2. The SMILES string of the molecule is CC(=O)N1C(=O)Cc2ccccc21.CCN1C(=O)C(COC)(COC)c2cc(N)ccc21.CCN1C(=O)C(COC)(COC)c2cc(N=NC3CCCCCC3=O)ccc21.CCN1C(=O)C(COC)(COC)c2cc([N+]#N)ccc21.CCN1C(=O)C(COC)(COC)c2cc([N+](=O)[O-])ccc21.CO.COCC1(COC)C(=O)Nc2ccc([N+](=O)[O-])cc21.COCC1(COC)C(=O)Nc2ccccc21.O.O=C1CCCCC/C1=C\O.[Cl-]. The first-order valence-corrected chi connectivity index (χ1v) is 48.3. The molecule has 9 aliphatic rings. The number of rotatable bonds is 32. The van der Waals surface area contributed by atoms with Crippen molar-refractivity contribution in [2.75, 3.05) is 239 Å². The van der Waals surface area contributed by atoms with E-state index >= 15 is 0 Å². The molecule has 2 saturated carbocycles. The quantitative estimate of drug-likeness (QED) is 0.00383. The molecule has 0 aromatic heterocycles. The van der Waals surface area contributed by atoms with Crippen LogP contribution >= 0.6 is 0 Å². The molecule has 8 amide bonds. The van der Waals surface area contributed by atoms with Crippen LogP contribution in [0.2, 0.25) is 0 Å². The maximum atomic E-state index is 13.2. The van der Waals surface area contributed by atoms with Gasteiger partial charge in [-0.3, -0.25) is 73.1 Å². The second-order valence-corrected chi connectivity index (χ2v) is 36.1. The Hall–Kier alpha value is -13.3. The Bertz CT molecular complexity index is 5920. The van der Waals surface area contributed by atoms with Crippen molar-refractivity contribution in [2.24, 2.45) is 10.2 Å². The molecule has 43 nitrogen and oxygen atoms in total. The summed E-state index contributed by atoms with van der Waals surface area (Å²) in [5, 5.41) is 60.7. The molecule has 7 aliphatic heterocycles. The Morgan fingerprint density at radius 1 is 0.453 bits per heavy atom. The van der Waals surface area contributed by atoms with E-state index in [9.17, 15) is 68.2 Å². The van der Waals surface area contributed by atoms with Crippen molar-refractivity contribution in [3.63, 3.8) is 0 Å². The van der Waals surface area contributed by atoms with Gasteiger partial charge in [-0.1, -0.05) is 55.7 Å². The number of halogens is 1. The largest absolute Gasteiger partial charge is 1.00 e. The average Bonchev–Trinajstić information content (AvgIpc) is 1.58. The summed E-state index contributed by atoms with van der Waals surface area (Å²) in [7, 11) is 19.6. The van der Waals surface area contributed by atoms with E-state index in [1.165, 1.54) is 70.6 Å². The number of para-hydroxylation sites is 2. The van der Waals surface area contributed by atoms with Gasteiger partial charge in [0.05, 0.1) is 113 Å². The lowest BCUT2D eigenvalue weighted by Crippen LogP contribution is -3.00. The highest BCUT2D eigenvalue weighted by Crippen LogP contribution is 2.50. The molecule has 7 aromatic carbocycles. The molecule has 7 heterocycles. The number of aliphatic hydroxyl groups is 2. The normalized spacial score (nSPS) is 17.4. The Morgan fingerprint density at radius 3 is 1.26 bits per heavy atom. The Kier molecular flexibility index (Phi) is 49.1. The third-order valence-electron chi connectivity index (χ3n) is 26.7. The summed E-state index contributed by atoms with van der Waals surface area (Å²) in [6, 6.07) is 39.7. The van der Waals surface area contributed by atoms with E-state index in [-0.39, 0.29) is 160 Å². The molecule has 2 fully saturated rings. The number of carbonyl (C=O) groups is 10. The molecule has 8 N–H and O–H groups in total. The molecule has 816 valence electrons. The smallest absolute Gasteiger partial charge is 0.385 e. The Balaban J connectivity index is 0.000000264. The average molecular weight is 2110 g/mol. The fourth-order valence-electron chi connectivity index (χ4n) is 20.0. The number of non-ortho nitro benzene ring substituents is 2. The van der Waals surface area contributed by atoms with Crippen LogP contribution in [0, 0.1) is 25.6 Å². The fourth-order valence-corrected chi connectivity index (χ4v) is 20.0. The Morgan fingerprint density at radius 2 is 0.820 bits per heavy atom. The fraction of sp³-hybridized carbons (Fsp3) is 0.491. The van der Waals surface area contributed by atoms with Gasteiger partial charge < -0.3 is 121 Å². The maximum absolute atomic E-state index is 13.2. The molecule has 44 heteroatoms. The number of ether oxygens (including phenoxy) is 12. The number of nitrogens with two attached hydrogens (primary N) is 1. The summed E-state index contributed by atoms with van der Waals surface area (Å²) >= 11 is 0. The number of diazo groups is 1. The van der Waals surface area contributed by atoms with Gasteiger partial charge in [0.2, 0.25) is 52.7 Å². The number of nitrogen functional groups attached to an aromatic ring is 1. The van der Waals surface area contributed by atoms with Crippen LogP contribution in [0.4, 0.5) is 68.2 Å². The van der Waals surface area contributed by atoms with Crippen molar-refractivity contribution in [3.8, 4) is 0 Å². The molecule has 1 unspecified atom stereocenters. The highest BCUT2D eigenvalue weighted by molar-refractivity contribution is 6.19. The number of imide groups is 1. The molecule has 0 radical (unpaired) electrons. The lowest BCUT2D eigenvalue weighted by atomic mass is 9.83. The summed E-state index contributed by atoms with van der Waals surface area (Å²) in [6.07, 6.45) is 10.2. The van der Waals surface area contributed by atoms with Crippen molar-refractivity contribution in [1.82, 2.24) is 0 Å². The number of likely N-dealkylation sites (N-methyl/N-ethyl adjacent to an activating group) is 4. The van der Waals surface area contributed by atoms with Crippen molar-refractivity contribution in [2.45, 2.75) is 144 Å². The number of nitrogens with zero attached hydrogens (tertiary/aromatic N) is 11. The number of aliphatic hydroxyl groups excluding tert-OH is 2. The number of hydrogen-bond acceptors (Lipinski definition) is 32. The van der Waals surface area contributed by atoms with E-state index < -0.39 is 42.3 Å². The summed E-state index contributed by atoms with van der Waals surface area (Å²) in [5.41, 5.74) is 13.6. The zero-order valence-electron chi connectivity index (χ0n) is 88.4. The Labute approximate surface area is 879 Å². The van der Waals surface area contributed by atoms with Crippen LogP contribution in [-0.4, -0.2) is 288 Å². The van der Waals surface area contributed by atoms with E-state index in [1.54, 1.807) is 107 Å². The first kappa shape index (κ1) is 125. The van der Waals surface area contributed by atoms with Crippen LogP contribution in [0.1, 0.15) is 138 Å². The second kappa shape index (κ2) is 58.8. The summed E-state index contributed by atoms with van der Waals surface area (Å²) in [4.78, 5) is 154. The highest BCUT2D eigenvalue weighted by Gasteiger charge is 2.57. The van der Waals surface area contributed by atoms with Gasteiger partial charge in [0.15, 0.2) is 16.5 Å². The molecule has 0 spiro atoms. The van der Waals surface area contributed by atoms with Crippen LogP contribution < -0.4 is 53.3 Å². The minimum Gasteiger partial charge on any atom is -1.00 e. The number of azo groups is 1. The molecular weight excluding hydrogens is 1970 g/mol. The first-order chi connectivity index (χ1) is 71.2. The number of allylic oxidation sites excluding steroid dienone is 1. The number of amides is 8.